The fourth-order valence-corrected chi connectivity index (χ4v) is 5.10. The van der Waals surface area contributed by atoms with E-state index in [2.05, 4.69) is 11.4 Å². The standard InChI is InChI=1S/C24H20ClFN2O2/c1-28-21-5-3-2-4-18(21)22(15-8-13-10-17(29)11-14(13)9-15)23(28)24(30)27-16-6-7-20(26)19(25)12-16/h2-8,12-14H,9-11H2,1H3,(H,27,30). The second kappa shape index (κ2) is 7.10. The number of carbonyl (C=O) groups is 2. The number of hydrogen-bond acceptors (Lipinski definition) is 2. The molecule has 152 valence electrons. The number of nitrogens with zero attached hydrogens (tertiary/aromatic N) is 1. The van der Waals surface area contributed by atoms with Crippen molar-refractivity contribution < 1.29 is 14.0 Å². The second-order valence-electron chi connectivity index (χ2n) is 8.15. The molecule has 0 aliphatic heterocycles. The van der Waals surface area contributed by atoms with Gasteiger partial charge in [0, 0.05) is 42.0 Å². The third kappa shape index (κ3) is 3.05. The van der Waals surface area contributed by atoms with E-state index in [1.807, 2.05) is 35.9 Å². The number of aryl methyl sites for hydroxylation is 1. The highest BCUT2D eigenvalue weighted by molar-refractivity contribution is 6.31. The predicted molar refractivity (Wildman–Crippen MR) is 116 cm³/mol. The SMILES string of the molecule is Cn1c(C(=O)Nc2ccc(F)c(Cl)c2)c(C2=CC3CC(=O)CC3C2)c2ccccc21. The lowest BCUT2D eigenvalue weighted by Crippen LogP contribution is -2.17. The summed E-state index contributed by atoms with van der Waals surface area (Å²) in [6.45, 7) is 0. The van der Waals surface area contributed by atoms with Gasteiger partial charge in [0.2, 0.25) is 0 Å². The monoisotopic (exact) mass is 422 g/mol. The van der Waals surface area contributed by atoms with Crippen molar-refractivity contribution in [3.63, 3.8) is 0 Å². The van der Waals surface area contributed by atoms with Crippen molar-refractivity contribution >= 4 is 45.5 Å². The Balaban J connectivity index is 1.59. The van der Waals surface area contributed by atoms with E-state index in [0.717, 1.165) is 28.5 Å². The molecule has 1 amide bonds. The Kier molecular flexibility index (Phi) is 4.51. The van der Waals surface area contributed by atoms with Crippen molar-refractivity contribution in [2.45, 2.75) is 19.3 Å². The molecule has 1 aromatic heterocycles. The molecule has 0 saturated heterocycles. The lowest BCUT2D eigenvalue weighted by Gasteiger charge is -2.11. The quantitative estimate of drug-likeness (QED) is 0.596. The van der Waals surface area contributed by atoms with Crippen molar-refractivity contribution in [1.82, 2.24) is 4.57 Å². The van der Waals surface area contributed by atoms with E-state index in [0.29, 0.717) is 35.9 Å². The van der Waals surface area contributed by atoms with Gasteiger partial charge in [-0.25, -0.2) is 4.39 Å². The molecule has 1 saturated carbocycles. The van der Waals surface area contributed by atoms with E-state index in [9.17, 15) is 14.0 Å². The maximum atomic E-state index is 13.5. The summed E-state index contributed by atoms with van der Waals surface area (Å²) < 4.78 is 15.4. The van der Waals surface area contributed by atoms with E-state index in [-0.39, 0.29) is 16.8 Å². The maximum Gasteiger partial charge on any atom is 0.272 e. The Labute approximate surface area is 178 Å². The molecular weight excluding hydrogens is 403 g/mol. The van der Waals surface area contributed by atoms with E-state index >= 15 is 0 Å². The number of benzene rings is 2. The Morgan fingerprint density at radius 3 is 2.73 bits per heavy atom. The van der Waals surface area contributed by atoms with Crippen LogP contribution in [-0.4, -0.2) is 16.3 Å². The Hall–Kier alpha value is -2.92. The molecule has 2 atom stereocenters. The average Bonchev–Trinajstić information content (AvgIpc) is 3.34. The molecule has 30 heavy (non-hydrogen) atoms. The molecule has 0 radical (unpaired) electrons. The third-order valence-electron chi connectivity index (χ3n) is 6.28. The number of Topliss-reactive ketones (excluding diaryl/α,β-unsaturated/α-hetero) is 1. The highest BCUT2D eigenvalue weighted by atomic mass is 35.5. The number of allylic oxidation sites excluding steroid dienone is 2. The van der Waals surface area contributed by atoms with Crippen molar-refractivity contribution in [2.75, 3.05) is 5.32 Å². The van der Waals surface area contributed by atoms with E-state index in [1.54, 1.807) is 0 Å². The second-order valence-corrected chi connectivity index (χ2v) is 8.56. The minimum atomic E-state index is -0.530. The number of amides is 1. The molecule has 6 heteroatoms. The summed E-state index contributed by atoms with van der Waals surface area (Å²) in [5.41, 5.74) is 3.99. The van der Waals surface area contributed by atoms with Crippen LogP contribution in [0.2, 0.25) is 5.02 Å². The van der Waals surface area contributed by atoms with Crippen LogP contribution in [0.1, 0.15) is 35.3 Å². The number of fused-ring (bicyclic) bond motifs is 2. The van der Waals surface area contributed by atoms with Crippen molar-refractivity contribution in [3.05, 3.63) is 70.6 Å². The molecule has 1 N–H and O–H groups in total. The molecule has 1 heterocycles. The van der Waals surface area contributed by atoms with Crippen LogP contribution in [0.5, 0.6) is 0 Å². The zero-order valence-corrected chi connectivity index (χ0v) is 17.2. The lowest BCUT2D eigenvalue weighted by molar-refractivity contribution is -0.117. The van der Waals surface area contributed by atoms with Crippen LogP contribution < -0.4 is 5.32 Å². The first kappa shape index (κ1) is 19.1. The molecular formula is C24H20ClFN2O2. The molecule has 2 aliphatic rings. The van der Waals surface area contributed by atoms with Gasteiger partial charge in [-0.15, -0.1) is 0 Å². The van der Waals surface area contributed by atoms with Gasteiger partial charge in [-0.2, -0.15) is 0 Å². The smallest absolute Gasteiger partial charge is 0.272 e. The fourth-order valence-electron chi connectivity index (χ4n) is 4.92. The van der Waals surface area contributed by atoms with Gasteiger partial charge in [0.1, 0.15) is 17.3 Å². The molecule has 5 rings (SSSR count). The maximum absolute atomic E-state index is 13.5. The van der Waals surface area contributed by atoms with Gasteiger partial charge in [-0.05, 0) is 48.1 Å². The number of anilines is 1. The van der Waals surface area contributed by atoms with Crippen LogP contribution in [0.3, 0.4) is 0 Å². The Morgan fingerprint density at radius 2 is 1.97 bits per heavy atom. The third-order valence-corrected chi connectivity index (χ3v) is 6.57. The Morgan fingerprint density at radius 1 is 1.17 bits per heavy atom. The lowest BCUT2D eigenvalue weighted by atomic mass is 9.96. The number of ketones is 1. The number of halogens is 2. The summed E-state index contributed by atoms with van der Waals surface area (Å²) in [4.78, 5) is 25.1. The summed E-state index contributed by atoms with van der Waals surface area (Å²) in [5.74, 6) is 0.110. The predicted octanol–water partition coefficient (Wildman–Crippen LogP) is 5.61. The van der Waals surface area contributed by atoms with Crippen molar-refractivity contribution in [1.29, 1.82) is 0 Å². The number of aromatic nitrogens is 1. The highest BCUT2D eigenvalue weighted by Crippen LogP contribution is 2.47. The van der Waals surface area contributed by atoms with Gasteiger partial charge in [-0.3, -0.25) is 9.59 Å². The number of hydrogen-bond donors (Lipinski definition) is 1. The molecule has 3 aromatic rings. The molecule has 0 spiro atoms. The van der Waals surface area contributed by atoms with Crippen LogP contribution in [-0.2, 0) is 11.8 Å². The van der Waals surface area contributed by atoms with Gasteiger partial charge in [0.15, 0.2) is 0 Å². The van der Waals surface area contributed by atoms with Crippen LogP contribution in [0, 0.1) is 17.7 Å². The number of para-hydroxylation sites is 1. The molecule has 2 unspecified atom stereocenters. The molecule has 0 bridgehead atoms. The van der Waals surface area contributed by atoms with E-state index in [4.69, 9.17) is 11.6 Å². The van der Waals surface area contributed by atoms with Gasteiger partial charge < -0.3 is 9.88 Å². The zero-order valence-electron chi connectivity index (χ0n) is 16.4. The summed E-state index contributed by atoms with van der Waals surface area (Å²) in [6, 6.07) is 12.1. The summed E-state index contributed by atoms with van der Waals surface area (Å²) in [6.07, 6.45) is 4.19. The first-order chi connectivity index (χ1) is 14.4. The van der Waals surface area contributed by atoms with Gasteiger partial charge in [0.05, 0.1) is 5.02 Å². The molecule has 4 nitrogen and oxygen atoms in total. The average molecular weight is 423 g/mol. The zero-order chi connectivity index (χ0) is 21.0. The van der Waals surface area contributed by atoms with E-state index in [1.165, 1.54) is 18.2 Å². The van der Waals surface area contributed by atoms with Gasteiger partial charge >= 0.3 is 0 Å². The normalized spacial score (nSPS) is 20.5. The van der Waals surface area contributed by atoms with Crippen molar-refractivity contribution in [3.8, 4) is 0 Å². The molecule has 2 aliphatic carbocycles. The molecule has 1 fully saturated rings. The number of nitrogens with one attached hydrogen (secondary N) is 1. The Bertz CT molecular complexity index is 1240. The minimum Gasteiger partial charge on any atom is -0.339 e. The largest absolute Gasteiger partial charge is 0.339 e. The highest BCUT2D eigenvalue weighted by Gasteiger charge is 2.38. The first-order valence-corrected chi connectivity index (χ1v) is 10.4. The van der Waals surface area contributed by atoms with Gasteiger partial charge in [0.25, 0.3) is 5.91 Å². The van der Waals surface area contributed by atoms with E-state index < -0.39 is 5.82 Å². The fraction of sp³-hybridized carbons (Fsp3) is 0.250. The van der Waals surface area contributed by atoms with Crippen LogP contribution in [0.25, 0.3) is 16.5 Å². The van der Waals surface area contributed by atoms with Crippen molar-refractivity contribution in [2.24, 2.45) is 18.9 Å². The minimum absolute atomic E-state index is 0.0407. The summed E-state index contributed by atoms with van der Waals surface area (Å²) in [5, 5.41) is 3.83. The first-order valence-electron chi connectivity index (χ1n) is 9.99. The number of rotatable bonds is 3. The molecule has 2 aromatic carbocycles. The topological polar surface area (TPSA) is 51.1 Å². The number of carbonyl (C=O) groups excluding carboxylic acids is 2. The van der Waals surface area contributed by atoms with Crippen LogP contribution in [0.4, 0.5) is 10.1 Å². The summed E-state index contributed by atoms with van der Waals surface area (Å²) >= 11 is 5.87. The van der Waals surface area contributed by atoms with Crippen LogP contribution in [0.15, 0.2) is 48.5 Å². The summed E-state index contributed by atoms with van der Waals surface area (Å²) in [7, 11) is 1.87. The van der Waals surface area contributed by atoms with Gasteiger partial charge in [-0.1, -0.05) is 35.9 Å². The van der Waals surface area contributed by atoms with Crippen LogP contribution >= 0.6 is 11.6 Å².